The molecule has 0 amide bonds. The minimum Gasteiger partial charge on any atom is -0.264 e. The Balaban J connectivity index is 3.83. The molecule has 0 aliphatic rings. The van der Waals surface area contributed by atoms with Crippen LogP contribution in [-0.2, 0) is 9.88 Å². The molecule has 0 heterocycles. The molecule has 0 saturated carbocycles. The average Bonchev–Trinajstić information content (AvgIpc) is 2.09. The van der Waals surface area contributed by atoms with Gasteiger partial charge in [0.15, 0.2) is 6.10 Å². The average molecular weight is 208 g/mol. The Hall–Kier alpha value is -1.44. The van der Waals surface area contributed by atoms with Crippen LogP contribution in [0, 0.1) is 20.2 Å². The predicted molar refractivity (Wildman–Crippen MR) is 44.3 cm³/mol. The van der Waals surface area contributed by atoms with Crippen LogP contribution in [0.5, 0.6) is 0 Å². The number of nitro groups is 1. The van der Waals surface area contributed by atoms with Crippen molar-refractivity contribution < 1.29 is 19.9 Å². The molecule has 82 valence electrons. The number of unbranched alkanes of at least 4 members (excludes halogenated alkanes) is 1. The first kappa shape index (κ1) is 12.6. The van der Waals surface area contributed by atoms with E-state index in [9.17, 15) is 20.2 Å². The van der Waals surface area contributed by atoms with E-state index >= 15 is 0 Å². The van der Waals surface area contributed by atoms with Crippen LogP contribution in [0.3, 0.4) is 0 Å². The lowest BCUT2D eigenvalue weighted by Gasteiger charge is -2.09. The molecule has 0 aliphatic carbocycles. The maximum atomic E-state index is 10.1. The second-order valence-electron chi connectivity index (χ2n) is 2.67. The summed E-state index contributed by atoms with van der Waals surface area (Å²) in [5.74, 6) is 0. The highest BCUT2D eigenvalue weighted by Crippen LogP contribution is 2.05. The van der Waals surface area contributed by atoms with Crippen LogP contribution in [0.4, 0.5) is 0 Å². The first-order chi connectivity index (χ1) is 6.56. The summed E-state index contributed by atoms with van der Waals surface area (Å²) in [5.41, 5.74) is 0. The molecule has 1 unspecified atom stereocenters. The van der Waals surface area contributed by atoms with E-state index in [0.29, 0.717) is 12.8 Å². The number of rotatable bonds is 8. The Morgan fingerprint density at radius 2 is 2.00 bits per heavy atom. The normalized spacial score (nSPS) is 12.1. The first-order valence-electron chi connectivity index (χ1n) is 4.16. The van der Waals surface area contributed by atoms with Gasteiger partial charge in [0, 0.05) is 4.92 Å². The topological polar surface area (TPSA) is 105 Å². The van der Waals surface area contributed by atoms with Crippen molar-refractivity contribution in [2.75, 3.05) is 6.54 Å². The van der Waals surface area contributed by atoms with Crippen molar-refractivity contribution in [2.45, 2.75) is 32.3 Å². The lowest BCUT2D eigenvalue weighted by Crippen LogP contribution is -2.24. The number of hydrogen-bond donors (Lipinski definition) is 0. The third-order valence-electron chi connectivity index (χ3n) is 1.47. The SMILES string of the molecule is CCCCC(C[N+](=O)[O-])OO[N+](=O)[O-]. The molecule has 14 heavy (non-hydrogen) atoms. The van der Waals surface area contributed by atoms with Crippen LogP contribution in [-0.4, -0.2) is 22.7 Å². The summed E-state index contributed by atoms with van der Waals surface area (Å²) >= 11 is 0. The Bertz CT molecular complexity index is 197. The predicted octanol–water partition coefficient (Wildman–Crippen LogP) is 0.962. The molecule has 0 spiro atoms. The van der Waals surface area contributed by atoms with Crippen molar-refractivity contribution in [1.29, 1.82) is 0 Å². The summed E-state index contributed by atoms with van der Waals surface area (Å²) in [7, 11) is 0. The zero-order valence-corrected chi connectivity index (χ0v) is 7.75. The van der Waals surface area contributed by atoms with Crippen LogP contribution in [0.2, 0.25) is 0 Å². The van der Waals surface area contributed by atoms with E-state index in [1.54, 1.807) is 0 Å². The lowest BCUT2D eigenvalue weighted by molar-refractivity contribution is -0.856. The summed E-state index contributed by atoms with van der Waals surface area (Å²) in [5, 5.41) is 18.7. The summed E-state index contributed by atoms with van der Waals surface area (Å²) in [6.45, 7) is 1.41. The van der Waals surface area contributed by atoms with Gasteiger partial charge >= 0.3 is 5.09 Å². The third kappa shape index (κ3) is 7.22. The van der Waals surface area contributed by atoms with E-state index in [-0.39, 0.29) is 0 Å². The van der Waals surface area contributed by atoms with E-state index in [0.717, 1.165) is 6.42 Å². The molecule has 1 atom stereocenters. The summed E-state index contributed by atoms with van der Waals surface area (Å²) in [6.07, 6.45) is 1.02. The number of nitrogens with zero attached hydrogens (tertiary/aromatic N) is 2. The molecule has 0 fully saturated rings. The second kappa shape index (κ2) is 7.01. The highest BCUT2D eigenvalue weighted by Gasteiger charge is 2.17. The van der Waals surface area contributed by atoms with Crippen molar-refractivity contribution in [3.8, 4) is 0 Å². The van der Waals surface area contributed by atoms with Gasteiger partial charge in [0.1, 0.15) is 0 Å². The van der Waals surface area contributed by atoms with Gasteiger partial charge in [0.2, 0.25) is 6.54 Å². The Morgan fingerprint density at radius 3 is 2.43 bits per heavy atom. The van der Waals surface area contributed by atoms with Crippen LogP contribution in [0.15, 0.2) is 0 Å². The molecule has 0 aromatic heterocycles. The monoisotopic (exact) mass is 208 g/mol. The molecule has 8 nitrogen and oxygen atoms in total. The van der Waals surface area contributed by atoms with E-state index in [4.69, 9.17) is 0 Å². The zero-order valence-electron chi connectivity index (χ0n) is 7.75. The highest BCUT2D eigenvalue weighted by atomic mass is 17.3. The van der Waals surface area contributed by atoms with Gasteiger partial charge in [-0.2, -0.15) is 4.89 Å². The largest absolute Gasteiger partial charge is 0.322 e. The standard InChI is InChI=1S/C6H12N2O6/c1-2-3-4-6(5-7(9)10)13-14-8(11)12/h6H,2-5H2,1H3. The molecule has 0 aromatic rings. The molecule has 0 N–H and O–H groups in total. The molecule has 0 rings (SSSR count). The minimum absolute atomic E-state index is 0.366. The van der Waals surface area contributed by atoms with Gasteiger partial charge in [-0.15, -0.1) is 15.1 Å². The van der Waals surface area contributed by atoms with Gasteiger partial charge < -0.3 is 0 Å². The van der Waals surface area contributed by atoms with Crippen molar-refractivity contribution in [3.05, 3.63) is 20.2 Å². The molecule has 0 aromatic carbocycles. The molecule has 0 radical (unpaired) electrons. The van der Waals surface area contributed by atoms with Crippen molar-refractivity contribution in [1.82, 2.24) is 0 Å². The van der Waals surface area contributed by atoms with Crippen molar-refractivity contribution >= 4 is 0 Å². The smallest absolute Gasteiger partial charge is 0.264 e. The van der Waals surface area contributed by atoms with Crippen molar-refractivity contribution in [2.24, 2.45) is 0 Å². The molecular weight excluding hydrogens is 196 g/mol. The van der Waals surface area contributed by atoms with Crippen LogP contribution in [0.25, 0.3) is 0 Å². The maximum Gasteiger partial charge on any atom is 0.322 e. The Morgan fingerprint density at radius 1 is 1.36 bits per heavy atom. The van der Waals surface area contributed by atoms with E-state index < -0.39 is 22.7 Å². The maximum absolute atomic E-state index is 10.1. The van der Waals surface area contributed by atoms with Gasteiger partial charge in [0.05, 0.1) is 0 Å². The van der Waals surface area contributed by atoms with Crippen LogP contribution < -0.4 is 0 Å². The fourth-order valence-corrected chi connectivity index (χ4v) is 0.864. The van der Waals surface area contributed by atoms with Gasteiger partial charge in [-0.1, -0.05) is 19.8 Å². The molecule has 0 aliphatic heterocycles. The number of hydrogen-bond acceptors (Lipinski definition) is 6. The van der Waals surface area contributed by atoms with Crippen molar-refractivity contribution in [3.63, 3.8) is 0 Å². The Kier molecular flexibility index (Phi) is 6.29. The molecular formula is C6H12N2O6. The fraction of sp³-hybridized carbons (Fsp3) is 1.00. The highest BCUT2D eigenvalue weighted by molar-refractivity contribution is 4.53. The van der Waals surface area contributed by atoms with Crippen LogP contribution in [0.1, 0.15) is 26.2 Å². The second-order valence-corrected chi connectivity index (χ2v) is 2.67. The van der Waals surface area contributed by atoms with Crippen LogP contribution >= 0.6 is 0 Å². The summed E-state index contributed by atoms with van der Waals surface area (Å²) in [6, 6.07) is 0. The van der Waals surface area contributed by atoms with E-state index in [1.807, 2.05) is 6.92 Å². The lowest BCUT2D eigenvalue weighted by atomic mass is 10.2. The zero-order chi connectivity index (χ0) is 11.0. The fourth-order valence-electron chi connectivity index (χ4n) is 0.864. The van der Waals surface area contributed by atoms with Gasteiger partial charge in [-0.25, -0.2) is 0 Å². The summed E-state index contributed by atoms with van der Waals surface area (Å²) in [4.78, 5) is 27.2. The summed E-state index contributed by atoms with van der Waals surface area (Å²) < 4.78 is 0. The van der Waals surface area contributed by atoms with Gasteiger partial charge in [-0.05, 0) is 6.42 Å². The molecule has 8 heteroatoms. The van der Waals surface area contributed by atoms with Gasteiger partial charge in [-0.3, -0.25) is 10.1 Å². The van der Waals surface area contributed by atoms with E-state index in [1.165, 1.54) is 0 Å². The van der Waals surface area contributed by atoms with Gasteiger partial charge in [0.25, 0.3) is 0 Å². The first-order valence-corrected chi connectivity index (χ1v) is 4.16. The third-order valence-corrected chi connectivity index (χ3v) is 1.47. The Labute approximate surface area is 80.0 Å². The molecule has 0 bridgehead atoms. The molecule has 0 saturated heterocycles. The quantitative estimate of drug-likeness (QED) is 0.334. The van der Waals surface area contributed by atoms with E-state index in [2.05, 4.69) is 9.88 Å². The minimum atomic E-state index is -1.14.